The third kappa shape index (κ3) is 3.86. The highest BCUT2D eigenvalue weighted by molar-refractivity contribution is 6.02. The molecule has 2 saturated heterocycles. The molecule has 2 saturated carbocycles. The Hall–Kier alpha value is -3.31. The number of pyridine rings is 2. The Balaban J connectivity index is 1.17. The molecule has 2 aromatic rings. The number of Topliss-reactive ketones (excluding diaryl/α,β-unsaturated/α-hetero) is 1. The van der Waals surface area contributed by atoms with E-state index in [9.17, 15) is 14.9 Å². The topological polar surface area (TPSA) is 108 Å². The van der Waals surface area contributed by atoms with Crippen LogP contribution in [0.15, 0.2) is 36.7 Å². The van der Waals surface area contributed by atoms with Crippen molar-refractivity contribution in [2.75, 3.05) is 30.0 Å². The second-order valence-corrected chi connectivity index (χ2v) is 10.8. The fourth-order valence-electron chi connectivity index (χ4n) is 6.24. The van der Waals surface area contributed by atoms with Gasteiger partial charge in [0, 0.05) is 43.0 Å². The van der Waals surface area contributed by atoms with Crippen molar-refractivity contribution in [2.45, 2.75) is 56.8 Å². The van der Waals surface area contributed by atoms with E-state index in [2.05, 4.69) is 21.4 Å². The number of hydrogen-bond acceptors (Lipinski definition) is 7. The summed E-state index contributed by atoms with van der Waals surface area (Å²) in [6, 6.07) is 9.89. The van der Waals surface area contributed by atoms with Gasteiger partial charge in [0.05, 0.1) is 24.7 Å². The highest BCUT2D eigenvalue weighted by Gasteiger charge is 2.56. The minimum absolute atomic E-state index is 0.0906. The predicted molar refractivity (Wildman–Crippen MR) is 134 cm³/mol. The van der Waals surface area contributed by atoms with Gasteiger partial charge in [-0.1, -0.05) is 18.9 Å². The Labute approximate surface area is 211 Å². The number of anilines is 3. The molecule has 2 aliphatic heterocycles. The maximum absolute atomic E-state index is 13.3. The van der Waals surface area contributed by atoms with Crippen LogP contribution in [0.4, 0.5) is 17.3 Å². The normalized spacial score (nSPS) is 25.4. The summed E-state index contributed by atoms with van der Waals surface area (Å²) in [7, 11) is 0. The van der Waals surface area contributed by atoms with Gasteiger partial charge in [-0.2, -0.15) is 5.26 Å². The van der Waals surface area contributed by atoms with E-state index >= 15 is 0 Å². The SMILES string of the molecule is N#C[C@@]1(C2CC2)CCN(c2ccnc(Nc3ccc(C4(C(=O)CC5COC5)CCCC4)cn3)c2)C1=O. The van der Waals surface area contributed by atoms with Crippen molar-refractivity contribution >= 4 is 29.0 Å². The van der Waals surface area contributed by atoms with E-state index in [4.69, 9.17) is 4.74 Å². The zero-order chi connectivity index (χ0) is 24.8. The molecule has 8 heteroatoms. The van der Waals surface area contributed by atoms with E-state index in [1.807, 2.05) is 30.5 Å². The van der Waals surface area contributed by atoms with Crippen LogP contribution in [0, 0.1) is 28.6 Å². The summed E-state index contributed by atoms with van der Waals surface area (Å²) in [4.78, 5) is 37.2. The molecule has 1 amide bonds. The van der Waals surface area contributed by atoms with Crippen LogP contribution in [0.5, 0.6) is 0 Å². The monoisotopic (exact) mass is 485 g/mol. The van der Waals surface area contributed by atoms with E-state index < -0.39 is 10.8 Å². The average molecular weight is 486 g/mol. The molecule has 1 N–H and O–H groups in total. The third-order valence-electron chi connectivity index (χ3n) is 8.63. The van der Waals surface area contributed by atoms with Crippen LogP contribution < -0.4 is 10.2 Å². The van der Waals surface area contributed by atoms with Crippen molar-refractivity contribution < 1.29 is 14.3 Å². The summed E-state index contributed by atoms with van der Waals surface area (Å²) >= 11 is 0. The van der Waals surface area contributed by atoms with Crippen LogP contribution >= 0.6 is 0 Å². The molecular formula is C28H31N5O3. The number of ketones is 1. The Kier molecular flexibility index (Phi) is 5.76. The smallest absolute Gasteiger partial charge is 0.247 e. The Morgan fingerprint density at radius 1 is 1.14 bits per heavy atom. The molecule has 0 spiro atoms. The molecule has 4 fully saturated rings. The molecule has 36 heavy (non-hydrogen) atoms. The lowest BCUT2D eigenvalue weighted by Crippen LogP contribution is -2.38. The standard InChI is InChI=1S/C28H31N5O3/c29-18-28(20-3-4-20)10-12-33(26(28)35)22-7-11-30-25(14-22)32-24-6-5-21(15-31-24)27(8-1-2-9-27)23(34)13-19-16-36-17-19/h5-7,11,14-15,19-20H,1-4,8-10,12-13,16-17H2,(H,30,31,32)/t28-/m1/s1. The van der Waals surface area contributed by atoms with Crippen LogP contribution in [0.2, 0.25) is 0 Å². The molecule has 0 radical (unpaired) electrons. The van der Waals surface area contributed by atoms with Crippen LogP contribution in [0.25, 0.3) is 0 Å². The van der Waals surface area contributed by atoms with Crippen LogP contribution in [-0.4, -0.2) is 41.4 Å². The van der Waals surface area contributed by atoms with Gasteiger partial charge in [0.15, 0.2) is 0 Å². The number of carbonyl (C=O) groups excluding carboxylic acids is 2. The molecule has 1 atom stereocenters. The first-order valence-electron chi connectivity index (χ1n) is 13.1. The van der Waals surface area contributed by atoms with Crippen molar-refractivity contribution in [3.63, 3.8) is 0 Å². The summed E-state index contributed by atoms with van der Waals surface area (Å²) in [6.07, 6.45) is 10.5. The van der Waals surface area contributed by atoms with Crippen molar-refractivity contribution in [1.82, 2.24) is 9.97 Å². The van der Waals surface area contributed by atoms with E-state index in [-0.39, 0.29) is 11.8 Å². The summed E-state index contributed by atoms with van der Waals surface area (Å²) in [5.41, 5.74) is 0.438. The first kappa shape index (κ1) is 23.1. The van der Waals surface area contributed by atoms with Crippen LogP contribution in [0.3, 0.4) is 0 Å². The number of amides is 1. The van der Waals surface area contributed by atoms with Crippen LogP contribution in [-0.2, 0) is 19.7 Å². The summed E-state index contributed by atoms with van der Waals surface area (Å²) in [5, 5.41) is 13.0. The number of nitriles is 1. The molecule has 4 aliphatic rings. The first-order chi connectivity index (χ1) is 17.5. The zero-order valence-electron chi connectivity index (χ0n) is 20.4. The maximum Gasteiger partial charge on any atom is 0.247 e. The second kappa shape index (κ2) is 8.97. The number of ether oxygens (including phenoxy) is 1. The number of nitrogens with zero attached hydrogens (tertiary/aromatic N) is 4. The summed E-state index contributed by atoms with van der Waals surface area (Å²) in [6.45, 7) is 1.93. The third-order valence-corrected chi connectivity index (χ3v) is 8.63. The minimum Gasteiger partial charge on any atom is -0.381 e. The largest absolute Gasteiger partial charge is 0.381 e. The number of rotatable bonds is 8. The molecule has 6 rings (SSSR count). The van der Waals surface area contributed by atoms with Gasteiger partial charge in [0.2, 0.25) is 5.91 Å². The highest BCUT2D eigenvalue weighted by Crippen LogP contribution is 2.52. The predicted octanol–water partition coefficient (Wildman–Crippen LogP) is 4.29. The van der Waals surface area contributed by atoms with Gasteiger partial charge < -0.3 is 15.0 Å². The number of nitrogens with one attached hydrogen (secondary N) is 1. The minimum atomic E-state index is -0.868. The number of hydrogen-bond donors (Lipinski definition) is 1. The lowest BCUT2D eigenvalue weighted by molar-refractivity contribution is -0.130. The van der Waals surface area contributed by atoms with Crippen molar-refractivity contribution in [3.8, 4) is 6.07 Å². The van der Waals surface area contributed by atoms with Gasteiger partial charge in [0.25, 0.3) is 0 Å². The van der Waals surface area contributed by atoms with Gasteiger partial charge in [-0.05, 0) is 55.7 Å². The Morgan fingerprint density at radius 3 is 2.58 bits per heavy atom. The van der Waals surface area contributed by atoms with Gasteiger partial charge in [-0.15, -0.1) is 0 Å². The molecule has 0 bridgehead atoms. The van der Waals surface area contributed by atoms with E-state index in [1.165, 1.54) is 0 Å². The number of carbonyl (C=O) groups is 2. The highest BCUT2D eigenvalue weighted by atomic mass is 16.5. The second-order valence-electron chi connectivity index (χ2n) is 10.8. The van der Waals surface area contributed by atoms with E-state index in [0.29, 0.717) is 55.9 Å². The van der Waals surface area contributed by atoms with Gasteiger partial charge in [-0.25, -0.2) is 9.97 Å². The van der Waals surface area contributed by atoms with Crippen molar-refractivity contribution in [3.05, 3.63) is 42.2 Å². The molecule has 186 valence electrons. The molecule has 2 aliphatic carbocycles. The van der Waals surface area contributed by atoms with E-state index in [0.717, 1.165) is 49.8 Å². The molecule has 2 aromatic heterocycles. The quantitative estimate of drug-likeness (QED) is 0.594. The molecule has 0 aromatic carbocycles. The van der Waals surface area contributed by atoms with Crippen LogP contribution in [0.1, 0.15) is 56.9 Å². The fraction of sp³-hybridized carbons (Fsp3) is 0.536. The molecular weight excluding hydrogens is 454 g/mol. The van der Waals surface area contributed by atoms with Crippen molar-refractivity contribution in [2.24, 2.45) is 17.3 Å². The average Bonchev–Trinajstić information content (AvgIpc) is 3.50. The Morgan fingerprint density at radius 2 is 1.94 bits per heavy atom. The number of aromatic nitrogens is 2. The van der Waals surface area contributed by atoms with E-state index in [1.54, 1.807) is 11.1 Å². The first-order valence-corrected chi connectivity index (χ1v) is 13.1. The lowest BCUT2D eigenvalue weighted by atomic mass is 9.73. The Bertz CT molecular complexity index is 1210. The zero-order valence-corrected chi connectivity index (χ0v) is 20.4. The molecule has 4 heterocycles. The van der Waals surface area contributed by atoms with Crippen molar-refractivity contribution in [1.29, 1.82) is 5.26 Å². The van der Waals surface area contributed by atoms with Gasteiger partial charge >= 0.3 is 0 Å². The molecule has 8 nitrogen and oxygen atoms in total. The lowest BCUT2D eigenvalue weighted by Gasteiger charge is -2.32. The van der Waals surface area contributed by atoms with Gasteiger partial charge in [-0.3, -0.25) is 9.59 Å². The summed E-state index contributed by atoms with van der Waals surface area (Å²) in [5.74, 6) is 1.99. The maximum atomic E-state index is 13.3. The fourth-order valence-corrected chi connectivity index (χ4v) is 6.24. The van der Waals surface area contributed by atoms with Gasteiger partial charge in [0.1, 0.15) is 22.8 Å². The summed E-state index contributed by atoms with van der Waals surface area (Å²) < 4.78 is 5.27. The molecule has 0 unspecified atom stereocenters.